The molecule has 0 saturated heterocycles. The fourth-order valence-corrected chi connectivity index (χ4v) is 4.68. The van der Waals surface area contributed by atoms with Crippen LogP contribution in [0.3, 0.4) is 0 Å². The summed E-state index contributed by atoms with van der Waals surface area (Å²) < 4.78 is 33.7. The molecular weight excluding hydrogens is 402 g/mol. The molecule has 7 nitrogen and oxygen atoms in total. The molecule has 0 atom stereocenters. The molecule has 4 rings (SSSR count). The highest BCUT2D eigenvalue weighted by Gasteiger charge is 2.29. The quantitative estimate of drug-likeness (QED) is 0.627. The number of amides is 1. The standard InChI is InChI=1S/C22H19N3O4S/c1-2-22(26)23-16-9-11-17(12-10-16)30(27,28)25-14-13-19(21-8-5-15-29-21)24-18-6-3-4-7-20(18)25/h2-12,15H,1,13-14H2,(H,23,26). The number of para-hydroxylation sites is 2. The number of carbonyl (C=O) groups excluding carboxylic acids is 1. The fraction of sp³-hybridized carbons (Fsp3) is 0.0909. The Kier molecular flexibility index (Phi) is 5.24. The summed E-state index contributed by atoms with van der Waals surface area (Å²) in [4.78, 5) is 16.2. The molecule has 1 aliphatic rings. The summed E-state index contributed by atoms with van der Waals surface area (Å²) in [5.74, 6) is 0.251. The summed E-state index contributed by atoms with van der Waals surface area (Å²) in [5, 5.41) is 2.60. The normalized spacial score (nSPS) is 13.7. The minimum Gasteiger partial charge on any atom is -0.463 e. The van der Waals surface area contributed by atoms with E-state index in [0.29, 0.717) is 35.0 Å². The van der Waals surface area contributed by atoms with Crippen LogP contribution in [0.25, 0.3) is 0 Å². The van der Waals surface area contributed by atoms with Crippen molar-refractivity contribution in [2.75, 3.05) is 16.2 Å². The van der Waals surface area contributed by atoms with Crippen LogP contribution in [-0.2, 0) is 14.8 Å². The summed E-state index contributed by atoms with van der Waals surface area (Å²) in [6, 6.07) is 16.7. The van der Waals surface area contributed by atoms with Crippen molar-refractivity contribution in [2.24, 2.45) is 4.99 Å². The van der Waals surface area contributed by atoms with E-state index >= 15 is 0 Å². The maximum absolute atomic E-state index is 13.4. The van der Waals surface area contributed by atoms with Gasteiger partial charge in [-0.15, -0.1) is 0 Å². The number of aliphatic imine (C=N–C) groups is 1. The van der Waals surface area contributed by atoms with Gasteiger partial charge in [-0.25, -0.2) is 13.4 Å². The van der Waals surface area contributed by atoms with Crippen molar-refractivity contribution in [1.29, 1.82) is 0 Å². The zero-order chi connectivity index (χ0) is 21.1. The van der Waals surface area contributed by atoms with Crippen molar-refractivity contribution in [2.45, 2.75) is 11.3 Å². The molecule has 1 aliphatic heterocycles. The molecule has 152 valence electrons. The first-order valence-electron chi connectivity index (χ1n) is 9.26. The lowest BCUT2D eigenvalue weighted by Gasteiger charge is -2.24. The highest BCUT2D eigenvalue weighted by atomic mass is 32.2. The molecule has 1 amide bonds. The predicted octanol–water partition coefficient (Wildman–Crippen LogP) is 4.12. The van der Waals surface area contributed by atoms with Crippen molar-refractivity contribution in [3.8, 4) is 0 Å². The van der Waals surface area contributed by atoms with Crippen LogP contribution in [-0.4, -0.2) is 26.6 Å². The van der Waals surface area contributed by atoms with Gasteiger partial charge in [0, 0.05) is 18.7 Å². The lowest BCUT2D eigenvalue weighted by molar-refractivity contribution is -0.111. The third-order valence-corrected chi connectivity index (χ3v) is 6.49. The second-order valence-electron chi connectivity index (χ2n) is 6.57. The first-order chi connectivity index (χ1) is 14.5. The Morgan fingerprint density at radius 2 is 1.87 bits per heavy atom. The number of hydrogen-bond donors (Lipinski definition) is 1. The van der Waals surface area contributed by atoms with Gasteiger partial charge in [0.15, 0.2) is 0 Å². The van der Waals surface area contributed by atoms with Gasteiger partial charge in [-0.05, 0) is 54.6 Å². The zero-order valence-corrected chi connectivity index (χ0v) is 16.8. The molecule has 8 heteroatoms. The Morgan fingerprint density at radius 1 is 1.10 bits per heavy atom. The van der Waals surface area contributed by atoms with E-state index in [0.717, 1.165) is 6.08 Å². The maximum atomic E-state index is 13.4. The average Bonchev–Trinajstić information content (AvgIpc) is 3.21. The van der Waals surface area contributed by atoms with Crippen molar-refractivity contribution in [1.82, 2.24) is 0 Å². The van der Waals surface area contributed by atoms with Crippen molar-refractivity contribution < 1.29 is 17.6 Å². The lowest BCUT2D eigenvalue weighted by Crippen LogP contribution is -2.32. The second-order valence-corrected chi connectivity index (χ2v) is 8.43. The molecule has 1 aromatic heterocycles. The summed E-state index contributed by atoms with van der Waals surface area (Å²) in [6.45, 7) is 3.61. The molecule has 0 unspecified atom stereocenters. The lowest BCUT2D eigenvalue weighted by atomic mass is 10.2. The van der Waals surface area contributed by atoms with Crippen molar-refractivity contribution >= 4 is 38.7 Å². The van der Waals surface area contributed by atoms with Gasteiger partial charge in [0.2, 0.25) is 5.91 Å². The largest absolute Gasteiger partial charge is 0.463 e. The Morgan fingerprint density at radius 3 is 2.57 bits per heavy atom. The van der Waals surface area contributed by atoms with Crippen LogP contribution in [0.5, 0.6) is 0 Å². The van der Waals surface area contributed by atoms with Gasteiger partial charge in [0.05, 0.1) is 28.2 Å². The zero-order valence-electron chi connectivity index (χ0n) is 16.0. The summed E-state index contributed by atoms with van der Waals surface area (Å²) in [5.41, 5.74) is 2.23. The van der Waals surface area contributed by atoms with E-state index in [2.05, 4.69) is 16.9 Å². The van der Waals surface area contributed by atoms with Gasteiger partial charge < -0.3 is 9.73 Å². The number of furan rings is 1. The number of nitrogens with one attached hydrogen (secondary N) is 1. The van der Waals surface area contributed by atoms with Gasteiger partial charge >= 0.3 is 0 Å². The van der Waals surface area contributed by atoms with Gasteiger partial charge in [0.25, 0.3) is 10.0 Å². The number of hydrogen-bond acceptors (Lipinski definition) is 5. The van der Waals surface area contributed by atoms with E-state index in [9.17, 15) is 13.2 Å². The summed E-state index contributed by atoms with van der Waals surface area (Å²) >= 11 is 0. The van der Waals surface area contributed by atoms with Gasteiger partial charge in [-0.2, -0.15) is 0 Å². The second kappa shape index (κ2) is 8.00. The van der Waals surface area contributed by atoms with Crippen LogP contribution in [0.2, 0.25) is 0 Å². The third-order valence-electron chi connectivity index (χ3n) is 4.66. The fourth-order valence-electron chi connectivity index (χ4n) is 3.20. The van der Waals surface area contributed by atoms with E-state index in [1.165, 1.54) is 16.4 Å². The first kappa shape index (κ1) is 19.7. The average molecular weight is 421 g/mol. The first-order valence-corrected chi connectivity index (χ1v) is 10.7. The highest BCUT2D eigenvalue weighted by molar-refractivity contribution is 7.92. The van der Waals surface area contributed by atoms with Gasteiger partial charge in [-0.3, -0.25) is 9.10 Å². The molecule has 0 fully saturated rings. The molecule has 0 saturated carbocycles. The van der Waals surface area contributed by atoms with Crippen molar-refractivity contribution in [3.05, 3.63) is 85.3 Å². The summed E-state index contributed by atoms with van der Waals surface area (Å²) in [6.07, 6.45) is 3.11. The Hall–Kier alpha value is -3.65. The highest BCUT2D eigenvalue weighted by Crippen LogP contribution is 2.36. The van der Waals surface area contributed by atoms with Crippen LogP contribution in [0, 0.1) is 0 Å². The number of benzene rings is 2. The van der Waals surface area contributed by atoms with Crippen LogP contribution >= 0.6 is 0 Å². The Balaban J connectivity index is 1.69. The molecular formula is C22H19N3O4S. The minimum absolute atomic E-state index is 0.121. The number of sulfonamides is 1. The van der Waals surface area contributed by atoms with Crippen LogP contribution in [0.15, 0.2) is 93.9 Å². The molecule has 2 heterocycles. The molecule has 2 aromatic carbocycles. The monoisotopic (exact) mass is 421 g/mol. The van der Waals surface area contributed by atoms with Gasteiger partial charge in [-0.1, -0.05) is 18.7 Å². The molecule has 0 radical (unpaired) electrons. The van der Waals surface area contributed by atoms with E-state index < -0.39 is 10.0 Å². The Bertz CT molecular complexity index is 1210. The Labute approximate surface area is 174 Å². The number of nitrogens with zero attached hydrogens (tertiary/aromatic N) is 2. The van der Waals surface area contributed by atoms with E-state index in [-0.39, 0.29) is 17.3 Å². The number of carbonyl (C=O) groups is 1. The van der Waals surface area contributed by atoms with E-state index in [1.54, 1.807) is 42.7 Å². The molecule has 0 aliphatic carbocycles. The minimum atomic E-state index is -3.85. The molecule has 0 bridgehead atoms. The van der Waals surface area contributed by atoms with E-state index in [1.807, 2.05) is 12.1 Å². The maximum Gasteiger partial charge on any atom is 0.264 e. The van der Waals surface area contributed by atoms with Crippen LogP contribution < -0.4 is 9.62 Å². The SMILES string of the molecule is C=CC(=O)Nc1ccc(S(=O)(=O)N2CCC(c3ccco3)=Nc3ccccc32)cc1. The van der Waals surface area contributed by atoms with Crippen LogP contribution in [0.1, 0.15) is 12.2 Å². The molecule has 3 aromatic rings. The van der Waals surface area contributed by atoms with Crippen molar-refractivity contribution in [3.63, 3.8) is 0 Å². The van der Waals surface area contributed by atoms with E-state index in [4.69, 9.17) is 4.42 Å². The molecule has 0 spiro atoms. The number of anilines is 2. The third kappa shape index (κ3) is 3.77. The smallest absolute Gasteiger partial charge is 0.264 e. The number of fused-ring (bicyclic) bond motifs is 1. The molecule has 1 N–H and O–H groups in total. The van der Waals surface area contributed by atoms with Gasteiger partial charge in [0.1, 0.15) is 5.76 Å². The predicted molar refractivity (Wildman–Crippen MR) is 116 cm³/mol. The number of rotatable bonds is 5. The van der Waals surface area contributed by atoms with Crippen LogP contribution in [0.4, 0.5) is 17.1 Å². The molecule has 30 heavy (non-hydrogen) atoms. The topological polar surface area (TPSA) is 92.0 Å². The summed E-state index contributed by atoms with van der Waals surface area (Å²) in [7, 11) is -3.85.